The van der Waals surface area contributed by atoms with Crippen molar-refractivity contribution in [3.05, 3.63) is 71.3 Å². The number of anilines is 1. The molecule has 1 aliphatic rings. The molecule has 0 spiro atoms. The summed E-state index contributed by atoms with van der Waals surface area (Å²) in [5.41, 5.74) is 6.26. The van der Waals surface area contributed by atoms with Crippen molar-refractivity contribution in [2.24, 2.45) is 4.99 Å². The minimum atomic E-state index is -4.23. The van der Waals surface area contributed by atoms with Gasteiger partial charge in [-0.05, 0) is 55.0 Å². The number of aliphatic imine (C=N–C) groups is 1. The van der Waals surface area contributed by atoms with Crippen molar-refractivity contribution in [3.63, 3.8) is 0 Å². The summed E-state index contributed by atoms with van der Waals surface area (Å²) >= 11 is 0. The van der Waals surface area contributed by atoms with Crippen molar-refractivity contribution in [3.8, 4) is 0 Å². The summed E-state index contributed by atoms with van der Waals surface area (Å²) in [5.74, 6) is -1.49. The SMILES string of the molecule is Cc1cc(C2(S(=O)(=O)c3cccc(F)c3)C=CC=N2)c(F)cc1N. The van der Waals surface area contributed by atoms with Gasteiger partial charge in [-0.1, -0.05) is 6.07 Å². The highest BCUT2D eigenvalue weighted by atomic mass is 32.2. The molecule has 0 aromatic heterocycles. The van der Waals surface area contributed by atoms with E-state index in [0.717, 1.165) is 18.2 Å². The van der Waals surface area contributed by atoms with Crippen molar-refractivity contribution in [1.29, 1.82) is 0 Å². The maximum atomic E-state index is 14.5. The van der Waals surface area contributed by atoms with Crippen molar-refractivity contribution in [2.45, 2.75) is 16.7 Å². The molecule has 7 heteroatoms. The molecule has 0 amide bonds. The number of allylic oxidation sites excluding steroid dienone is 1. The standard InChI is InChI=1S/C17H14F2N2O2S/c1-11-8-14(15(19)10-16(11)20)17(6-3-7-21-17)24(22,23)13-5-2-4-12(18)9-13/h2-10H,20H2,1H3. The second kappa shape index (κ2) is 5.52. The van der Waals surface area contributed by atoms with Gasteiger partial charge in [0, 0.05) is 17.5 Å². The van der Waals surface area contributed by atoms with Crippen molar-refractivity contribution >= 4 is 21.7 Å². The Morgan fingerprint density at radius 2 is 1.92 bits per heavy atom. The number of hydrogen-bond acceptors (Lipinski definition) is 4. The third kappa shape index (κ3) is 2.32. The minimum Gasteiger partial charge on any atom is -0.398 e. The maximum Gasteiger partial charge on any atom is 0.212 e. The summed E-state index contributed by atoms with van der Waals surface area (Å²) in [6.45, 7) is 1.64. The van der Waals surface area contributed by atoms with Crippen LogP contribution in [0.25, 0.3) is 0 Å². The molecular formula is C17H14F2N2O2S. The molecule has 1 heterocycles. The van der Waals surface area contributed by atoms with Crippen molar-refractivity contribution in [2.75, 3.05) is 5.73 Å². The Morgan fingerprint density at radius 1 is 1.17 bits per heavy atom. The molecule has 1 atom stereocenters. The number of rotatable bonds is 3. The highest BCUT2D eigenvalue weighted by molar-refractivity contribution is 7.92. The molecule has 4 nitrogen and oxygen atoms in total. The predicted molar refractivity (Wildman–Crippen MR) is 88.4 cm³/mol. The van der Waals surface area contributed by atoms with E-state index in [1.54, 1.807) is 6.92 Å². The average Bonchev–Trinajstić information content (AvgIpc) is 3.02. The van der Waals surface area contributed by atoms with Gasteiger partial charge in [0.2, 0.25) is 14.7 Å². The van der Waals surface area contributed by atoms with Crippen LogP contribution >= 0.6 is 0 Å². The Balaban J connectivity index is 2.30. The first kappa shape index (κ1) is 16.3. The molecule has 124 valence electrons. The predicted octanol–water partition coefficient (Wildman–Crippen LogP) is 3.12. The topological polar surface area (TPSA) is 72.5 Å². The monoisotopic (exact) mass is 348 g/mol. The number of aryl methyl sites for hydroxylation is 1. The number of nitrogens with zero attached hydrogens (tertiary/aromatic N) is 1. The van der Waals surface area contributed by atoms with E-state index in [4.69, 9.17) is 5.73 Å². The first-order valence-corrected chi connectivity index (χ1v) is 8.55. The van der Waals surface area contributed by atoms with Gasteiger partial charge < -0.3 is 5.73 Å². The van der Waals surface area contributed by atoms with E-state index in [1.165, 1.54) is 36.6 Å². The fourth-order valence-corrected chi connectivity index (χ4v) is 4.41. The molecule has 1 unspecified atom stereocenters. The summed E-state index contributed by atoms with van der Waals surface area (Å²) in [7, 11) is -4.23. The molecule has 0 aliphatic carbocycles. The second-order valence-corrected chi connectivity index (χ2v) is 7.58. The Morgan fingerprint density at radius 3 is 2.54 bits per heavy atom. The van der Waals surface area contributed by atoms with E-state index in [2.05, 4.69) is 4.99 Å². The van der Waals surface area contributed by atoms with Crippen LogP contribution in [0.3, 0.4) is 0 Å². The van der Waals surface area contributed by atoms with Gasteiger partial charge in [0.15, 0.2) is 0 Å². The first-order chi connectivity index (χ1) is 11.3. The smallest absolute Gasteiger partial charge is 0.212 e. The van der Waals surface area contributed by atoms with Crippen LogP contribution < -0.4 is 5.73 Å². The molecule has 2 aromatic rings. The van der Waals surface area contributed by atoms with Crippen LogP contribution in [0.4, 0.5) is 14.5 Å². The molecule has 0 bridgehead atoms. The van der Waals surface area contributed by atoms with E-state index < -0.39 is 26.3 Å². The number of nitrogens with two attached hydrogens (primary N) is 1. The lowest BCUT2D eigenvalue weighted by Gasteiger charge is -2.26. The lowest BCUT2D eigenvalue weighted by molar-refractivity contribution is 0.544. The third-order valence-electron chi connectivity index (χ3n) is 3.93. The first-order valence-electron chi connectivity index (χ1n) is 7.07. The second-order valence-electron chi connectivity index (χ2n) is 5.48. The lowest BCUT2D eigenvalue weighted by Crippen LogP contribution is -2.32. The summed E-state index contributed by atoms with van der Waals surface area (Å²) in [5, 5.41) is 0. The van der Waals surface area contributed by atoms with Crippen LogP contribution in [0.2, 0.25) is 0 Å². The number of halogens is 2. The Hall–Kier alpha value is -2.54. The van der Waals surface area contributed by atoms with Gasteiger partial charge in [-0.3, -0.25) is 4.99 Å². The Labute approximate surface area is 138 Å². The van der Waals surface area contributed by atoms with E-state index in [-0.39, 0.29) is 16.1 Å². The van der Waals surface area contributed by atoms with E-state index in [9.17, 15) is 17.2 Å². The molecule has 2 N–H and O–H groups in total. The molecule has 1 aliphatic heterocycles. The largest absolute Gasteiger partial charge is 0.398 e. The molecule has 0 fully saturated rings. The maximum absolute atomic E-state index is 14.5. The summed E-state index contributed by atoms with van der Waals surface area (Å²) < 4.78 is 54.3. The molecule has 2 aromatic carbocycles. The zero-order valence-corrected chi connectivity index (χ0v) is 13.5. The minimum absolute atomic E-state index is 0.150. The number of sulfone groups is 1. The van der Waals surface area contributed by atoms with Gasteiger partial charge in [-0.15, -0.1) is 0 Å². The quantitative estimate of drug-likeness (QED) is 0.866. The van der Waals surface area contributed by atoms with Crippen LogP contribution in [0.1, 0.15) is 11.1 Å². The van der Waals surface area contributed by atoms with E-state index in [1.807, 2.05) is 0 Å². The van der Waals surface area contributed by atoms with Crippen LogP contribution in [0, 0.1) is 18.6 Å². The van der Waals surface area contributed by atoms with Gasteiger partial charge in [-0.25, -0.2) is 17.2 Å². The summed E-state index contributed by atoms with van der Waals surface area (Å²) in [6.07, 6.45) is 3.98. The Kier molecular flexibility index (Phi) is 3.76. The summed E-state index contributed by atoms with van der Waals surface area (Å²) in [4.78, 5) is 1.76. The number of nitrogen functional groups attached to an aromatic ring is 1. The van der Waals surface area contributed by atoms with Crippen LogP contribution in [-0.2, 0) is 14.7 Å². The summed E-state index contributed by atoms with van der Waals surface area (Å²) in [6, 6.07) is 6.98. The average molecular weight is 348 g/mol. The lowest BCUT2D eigenvalue weighted by atomic mass is 10.0. The normalized spacial score (nSPS) is 19.8. The fourth-order valence-electron chi connectivity index (χ4n) is 2.62. The van der Waals surface area contributed by atoms with Gasteiger partial charge in [0.05, 0.1) is 4.90 Å². The van der Waals surface area contributed by atoms with Gasteiger partial charge in [-0.2, -0.15) is 0 Å². The van der Waals surface area contributed by atoms with Crippen LogP contribution in [0.5, 0.6) is 0 Å². The highest BCUT2D eigenvalue weighted by Gasteiger charge is 2.47. The zero-order chi connectivity index (χ0) is 17.5. The number of hydrogen-bond donors (Lipinski definition) is 1. The molecule has 3 rings (SSSR count). The molecule has 0 saturated carbocycles. The van der Waals surface area contributed by atoms with Crippen LogP contribution in [0.15, 0.2) is 58.4 Å². The zero-order valence-electron chi connectivity index (χ0n) is 12.7. The Bertz CT molecular complexity index is 970. The van der Waals surface area contributed by atoms with Crippen LogP contribution in [-0.4, -0.2) is 14.6 Å². The molecule has 24 heavy (non-hydrogen) atoms. The van der Waals surface area contributed by atoms with Gasteiger partial charge in [0.1, 0.15) is 11.6 Å². The van der Waals surface area contributed by atoms with Gasteiger partial charge >= 0.3 is 0 Å². The molecule has 0 radical (unpaired) electrons. The molecular weight excluding hydrogens is 334 g/mol. The van der Waals surface area contributed by atoms with E-state index in [0.29, 0.717) is 5.56 Å². The van der Waals surface area contributed by atoms with Crippen molar-refractivity contribution < 1.29 is 17.2 Å². The van der Waals surface area contributed by atoms with E-state index >= 15 is 0 Å². The third-order valence-corrected chi connectivity index (χ3v) is 6.09. The van der Waals surface area contributed by atoms with Gasteiger partial charge in [0.25, 0.3) is 0 Å². The molecule has 0 saturated heterocycles. The fraction of sp³-hybridized carbons (Fsp3) is 0.118. The highest BCUT2D eigenvalue weighted by Crippen LogP contribution is 2.42. The van der Waals surface area contributed by atoms with Crippen molar-refractivity contribution in [1.82, 2.24) is 0 Å². The number of benzene rings is 2.